The van der Waals surface area contributed by atoms with E-state index in [-0.39, 0.29) is 38.6 Å². The normalized spacial score (nSPS) is 15.6. The molecule has 0 unspecified atom stereocenters. The third-order valence-corrected chi connectivity index (χ3v) is 10.6. The van der Waals surface area contributed by atoms with Gasteiger partial charge in [0.05, 0.1) is 36.1 Å². The molecule has 3 rings (SSSR count). The number of nitrogens with zero attached hydrogens (tertiary/aromatic N) is 4. The molecule has 242 valence electrons. The molecule has 0 bridgehead atoms. The van der Waals surface area contributed by atoms with E-state index in [0.29, 0.717) is 52.4 Å². The van der Waals surface area contributed by atoms with Crippen molar-refractivity contribution in [1.82, 2.24) is 19.8 Å². The highest BCUT2D eigenvalue weighted by Gasteiger charge is 2.25. The van der Waals surface area contributed by atoms with Gasteiger partial charge < -0.3 is 9.64 Å². The zero-order valence-corrected chi connectivity index (χ0v) is 28.9. The van der Waals surface area contributed by atoms with Crippen LogP contribution in [0.25, 0.3) is 0 Å². The van der Waals surface area contributed by atoms with E-state index in [0.717, 1.165) is 11.1 Å². The average Bonchev–Trinajstić information content (AvgIpc) is 2.92. The van der Waals surface area contributed by atoms with Gasteiger partial charge in [-0.2, -0.15) is 0 Å². The standard InChI is InChI=1S/C28H44Cl2N6O5S2/c1-27(2,3)21-17-23(25(29)31-19-21)33-42(37,38)15-11-35(6)8-7-28(4,5)22-18-24(26(30)32-20-22)34-43(39,40)16-12-36-9-13-41-14-10-36/h17-20,33-34H,7-16H2,1-6H3. The Hall–Kier alpha value is -1.74. The highest BCUT2D eigenvalue weighted by Crippen LogP contribution is 2.32. The van der Waals surface area contributed by atoms with Crippen LogP contribution in [0, 0.1) is 0 Å². The largest absolute Gasteiger partial charge is 0.379 e. The molecule has 1 aliphatic rings. The lowest BCUT2D eigenvalue weighted by atomic mass is 9.82. The lowest BCUT2D eigenvalue weighted by molar-refractivity contribution is 0.0408. The number of nitrogens with one attached hydrogen (secondary N) is 2. The van der Waals surface area contributed by atoms with Crippen molar-refractivity contribution in [3.63, 3.8) is 0 Å². The summed E-state index contributed by atoms with van der Waals surface area (Å²) in [4.78, 5) is 12.4. The predicted molar refractivity (Wildman–Crippen MR) is 174 cm³/mol. The maximum absolute atomic E-state index is 12.9. The molecule has 1 saturated heterocycles. The summed E-state index contributed by atoms with van der Waals surface area (Å²) in [5, 5.41) is 0.176. The SMILES string of the molecule is CN(CCC(C)(C)c1cnc(Cl)c(NS(=O)(=O)CCN2CCOCC2)c1)CCS(=O)(=O)Nc1cc(C(C)(C)C)cnc1Cl. The van der Waals surface area contributed by atoms with E-state index >= 15 is 0 Å². The second kappa shape index (κ2) is 14.6. The Bertz CT molecular complexity index is 1460. The van der Waals surface area contributed by atoms with Crippen LogP contribution >= 0.6 is 23.2 Å². The Morgan fingerprint density at radius 1 is 0.860 bits per heavy atom. The fourth-order valence-electron chi connectivity index (χ4n) is 4.33. The van der Waals surface area contributed by atoms with E-state index in [4.69, 9.17) is 27.9 Å². The third-order valence-electron chi connectivity index (χ3n) is 7.50. The van der Waals surface area contributed by atoms with Crippen LogP contribution in [-0.4, -0.2) is 101 Å². The van der Waals surface area contributed by atoms with Gasteiger partial charge in [-0.1, -0.05) is 57.8 Å². The molecule has 0 aromatic carbocycles. The van der Waals surface area contributed by atoms with Crippen molar-refractivity contribution >= 4 is 54.6 Å². The summed E-state index contributed by atoms with van der Waals surface area (Å²) in [6.45, 7) is 14.0. The smallest absolute Gasteiger partial charge is 0.234 e. The Morgan fingerprint density at radius 3 is 1.93 bits per heavy atom. The molecule has 11 nitrogen and oxygen atoms in total. The summed E-state index contributed by atoms with van der Waals surface area (Å²) in [6.07, 6.45) is 3.95. The van der Waals surface area contributed by atoms with Crippen LogP contribution in [0.15, 0.2) is 24.5 Å². The second-order valence-electron chi connectivity index (χ2n) is 12.6. The first kappa shape index (κ1) is 35.7. The van der Waals surface area contributed by atoms with Crippen LogP contribution in [-0.2, 0) is 35.6 Å². The number of aromatic nitrogens is 2. The first-order valence-corrected chi connectivity index (χ1v) is 18.2. The van der Waals surface area contributed by atoms with Crippen molar-refractivity contribution < 1.29 is 21.6 Å². The third kappa shape index (κ3) is 11.3. The van der Waals surface area contributed by atoms with Crippen molar-refractivity contribution in [1.29, 1.82) is 0 Å². The summed E-state index contributed by atoms with van der Waals surface area (Å²) in [6, 6.07) is 3.44. The van der Waals surface area contributed by atoms with Crippen LogP contribution in [0.2, 0.25) is 10.3 Å². The van der Waals surface area contributed by atoms with Gasteiger partial charge >= 0.3 is 0 Å². The van der Waals surface area contributed by atoms with Gasteiger partial charge in [0.1, 0.15) is 0 Å². The second-order valence-corrected chi connectivity index (χ2v) is 17.0. The summed E-state index contributed by atoms with van der Waals surface area (Å²) in [5.41, 5.74) is 1.58. The minimum Gasteiger partial charge on any atom is -0.379 e. The van der Waals surface area contributed by atoms with Gasteiger partial charge in [0.25, 0.3) is 0 Å². The first-order chi connectivity index (χ1) is 19.9. The van der Waals surface area contributed by atoms with Crippen LogP contribution < -0.4 is 9.44 Å². The van der Waals surface area contributed by atoms with E-state index in [1.165, 1.54) is 0 Å². The zero-order valence-electron chi connectivity index (χ0n) is 25.8. The number of sulfonamides is 2. The Kier molecular flexibility index (Phi) is 12.1. The maximum atomic E-state index is 12.9. The fraction of sp³-hybridized carbons (Fsp3) is 0.643. The minimum absolute atomic E-state index is 0.0652. The zero-order chi connectivity index (χ0) is 32.1. The molecule has 3 heterocycles. The number of morpholine rings is 1. The first-order valence-electron chi connectivity index (χ1n) is 14.2. The van der Waals surface area contributed by atoms with Crippen molar-refractivity contribution in [2.24, 2.45) is 0 Å². The molecule has 2 N–H and O–H groups in total. The molecule has 2 aromatic rings. The Balaban J connectivity index is 1.56. The summed E-state index contributed by atoms with van der Waals surface area (Å²) >= 11 is 12.4. The fourth-order valence-corrected chi connectivity index (χ4v) is 6.98. The molecule has 1 fully saturated rings. The number of rotatable bonds is 14. The number of hydrogen-bond donors (Lipinski definition) is 2. The van der Waals surface area contributed by atoms with Crippen molar-refractivity contribution in [3.05, 3.63) is 46.0 Å². The quantitative estimate of drug-likeness (QED) is 0.282. The lowest BCUT2D eigenvalue weighted by Crippen LogP contribution is -2.39. The van der Waals surface area contributed by atoms with E-state index < -0.39 is 25.5 Å². The van der Waals surface area contributed by atoms with Crippen molar-refractivity contribution in [3.8, 4) is 0 Å². The van der Waals surface area contributed by atoms with Crippen LogP contribution in [0.4, 0.5) is 11.4 Å². The predicted octanol–water partition coefficient (Wildman–Crippen LogP) is 4.20. The molecule has 1 aliphatic heterocycles. The minimum atomic E-state index is -3.68. The van der Waals surface area contributed by atoms with E-state index in [1.807, 2.05) is 46.6 Å². The molecule has 2 aromatic heterocycles. The van der Waals surface area contributed by atoms with Crippen LogP contribution in [0.1, 0.15) is 52.2 Å². The van der Waals surface area contributed by atoms with Gasteiger partial charge in [-0.15, -0.1) is 0 Å². The van der Waals surface area contributed by atoms with Gasteiger partial charge in [-0.3, -0.25) is 14.3 Å². The van der Waals surface area contributed by atoms with Gasteiger partial charge in [-0.25, -0.2) is 26.8 Å². The van der Waals surface area contributed by atoms with E-state index in [1.54, 1.807) is 24.5 Å². The van der Waals surface area contributed by atoms with Crippen molar-refractivity contribution in [2.75, 3.05) is 73.9 Å². The van der Waals surface area contributed by atoms with Crippen molar-refractivity contribution in [2.45, 2.75) is 51.9 Å². The average molecular weight is 680 g/mol. The molecule has 0 radical (unpaired) electrons. The number of ether oxygens (including phenoxy) is 1. The van der Waals surface area contributed by atoms with Crippen LogP contribution in [0.3, 0.4) is 0 Å². The summed E-state index contributed by atoms with van der Waals surface area (Å²) in [7, 11) is -5.46. The number of pyridine rings is 2. The number of hydrogen-bond acceptors (Lipinski definition) is 9. The molecular weight excluding hydrogens is 635 g/mol. The maximum Gasteiger partial charge on any atom is 0.234 e. The lowest BCUT2D eigenvalue weighted by Gasteiger charge is -2.28. The summed E-state index contributed by atoms with van der Waals surface area (Å²) < 4.78 is 61.8. The van der Waals surface area contributed by atoms with Gasteiger partial charge in [0, 0.05) is 38.6 Å². The highest BCUT2D eigenvalue weighted by molar-refractivity contribution is 7.93. The molecule has 43 heavy (non-hydrogen) atoms. The van der Waals surface area contributed by atoms with E-state index in [9.17, 15) is 16.8 Å². The molecule has 0 atom stereocenters. The molecular formula is C28H44Cl2N6O5S2. The molecule has 15 heteroatoms. The Labute approximate surface area is 266 Å². The molecule has 0 aliphatic carbocycles. The number of anilines is 2. The van der Waals surface area contributed by atoms with Gasteiger partial charge in [0.15, 0.2) is 10.3 Å². The number of halogens is 2. The topological polar surface area (TPSA) is 134 Å². The summed E-state index contributed by atoms with van der Waals surface area (Å²) in [5.74, 6) is -0.191. The van der Waals surface area contributed by atoms with E-state index in [2.05, 4.69) is 24.3 Å². The van der Waals surface area contributed by atoms with Gasteiger partial charge in [0.2, 0.25) is 20.0 Å². The van der Waals surface area contributed by atoms with Gasteiger partial charge in [-0.05, 0) is 54.1 Å². The highest BCUT2D eigenvalue weighted by atomic mass is 35.5. The molecule has 0 saturated carbocycles. The van der Waals surface area contributed by atoms with Crippen LogP contribution in [0.5, 0.6) is 0 Å². The Morgan fingerprint density at radius 2 is 1.37 bits per heavy atom. The molecule has 0 amide bonds. The molecule has 0 spiro atoms. The monoisotopic (exact) mass is 678 g/mol.